The number of ether oxygens (including phenoxy) is 2. The number of hydrogen-bond donors (Lipinski definition) is 1. The zero-order chi connectivity index (χ0) is 13.1. The Hall–Kier alpha value is -0.580. The van der Waals surface area contributed by atoms with Crippen LogP contribution in [0.1, 0.15) is 31.4 Å². The molecule has 1 saturated carbocycles. The molecule has 1 aromatic rings. The lowest BCUT2D eigenvalue weighted by atomic mass is 9.88. The van der Waals surface area contributed by atoms with Gasteiger partial charge in [-0.05, 0) is 53.4 Å². The molecule has 0 aliphatic heterocycles. The van der Waals surface area contributed by atoms with E-state index in [1.807, 2.05) is 6.07 Å². The third-order valence-corrected chi connectivity index (χ3v) is 4.21. The molecule has 0 spiro atoms. The van der Waals surface area contributed by atoms with Crippen LogP contribution in [0.25, 0.3) is 0 Å². The smallest absolute Gasteiger partial charge is 0.133 e. The summed E-state index contributed by atoms with van der Waals surface area (Å²) >= 11 is 3.52. The molecule has 100 valence electrons. The van der Waals surface area contributed by atoms with Gasteiger partial charge in [-0.2, -0.15) is 0 Å². The van der Waals surface area contributed by atoms with Gasteiger partial charge in [-0.3, -0.25) is 0 Å². The van der Waals surface area contributed by atoms with Gasteiger partial charge in [-0.25, -0.2) is 0 Å². The van der Waals surface area contributed by atoms with Gasteiger partial charge in [0.25, 0.3) is 0 Å². The van der Waals surface area contributed by atoms with Gasteiger partial charge in [-0.1, -0.05) is 6.07 Å². The normalized spacial score (nSPS) is 24.4. The van der Waals surface area contributed by atoms with E-state index in [0.717, 1.165) is 23.1 Å². The van der Waals surface area contributed by atoms with E-state index in [4.69, 9.17) is 9.47 Å². The molecule has 1 fully saturated rings. The second-order valence-corrected chi connectivity index (χ2v) is 5.66. The quantitative estimate of drug-likeness (QED) is 0.905. The Kier molecular flexibility index (Phi) is 4.65. The molecule has 0 saturated heterocycles. The van der Waals surface area contributed by atoms with Crippen molar-refractivity contribution < 1.29 is 9.47 Å². The van der Waals surface area contributed by atoms with Crippen molar-refractivity contribution >= 4 is 15.9 Å². The molecular formula is C14H20BrNO2. The molecule has 0 aromatic heterocycles. The van der Waals surface area contributed by atoms with Crippen molar-refractivity contribution in [3.63, 3.8) is 0 Å². The van der Waals surface area contributed by atoms with E-state index >= 15 is 0 Å². The highest BCUT2D eigenvalue weighted by molar-refractivity contribution is 9.10. The van der Waals surface area contributed by atoms with Crippen LogP contribution in [0.15, 0.2) is 22.7 Å². The van der Waals surface area contributed by atoms with Crippen molar-refractivity contribution in [1.29, 1.82) is 0 Å². The van der Waals surface area contributed by atoms with E-state index in [2.05, 4.69) is 40.3 Å². The van der Waals surface area contributed by atoms with E-state index in [1.54, 1.807) is 14.2 Å². The zero-order valence-corrected chi connectivity index (χ0v) is 12.7. The van der Waals surface area contributed by atoms with Crippen LogP contribution < -0.4 is 10.1 Å². The predicted molar refractivity (Wildman–Crippen MR) is 76.1 cm³/mol. The first-order chi connectivity index (χ1) is 8.63. The number of benzene rings is 1. The second kappa shape index (κ2) is 6.04. The fourth-order valence-corrected chi connectivity index (χ4v) is 2.85. The molecule has 0 bridgehead atoms. The van der Waals surface area contributed by atoms with Crippen LogP contribution in [-0.4, -0.2) is 26.4 Å². The van der Waals surface area contributed by atoms with Gasteiger partial charge in [0.2, 0.25) is 0 Å². The van der Waals surface area contributed by atoms with Crippen molar-refractivity contribution in [1.82, 2.24) is 5.32 Å². The van der Waals surface area contributed by atoms with Crippen LogP contribution in [-0.2, 0) is 4.74 Å². The zero-order valence-electron chi connectivity index (χ0n) is 11.1. The Morgan fingerprint density at radius 2 is 2.06 bits per heavy atom. The van der Waals surface area contributed by atoms with Gasteiger partial charge in [0.15, 0.2) is 0 Å². The summed E-state index contributed by atoms with van der Waals surface area (Å²) in [5.41, 5.74) is 1.27. The van der Waals surface area contributed by atoms with Gasteiger partial charge < -0.3 is 14.8 Å². The summed E-state index contributed by atoms with van der Waals surface area (Å²) in [5.74, 6) is 0.869. The lowest BCUT2D eigenvalue weighted by Gasteiger charge is -2.36. The van der Waals surface area contributed by atoms with Gasteiger partial charge in [0.05, 0.1) is 17.7 Å². The van der Waals surface area contributed by atoms with Crippen LogP contribution in [0.4, 0.5) is 0 Å². The summed E-state index contributed by atoms with van der Waals surface area (Å²) in [6.45, 7) is 2.19. The average Bonchev–Trinajstić information content (AvgIpc) is 2.32. The van der Waals surface area contributed by atoms with Crippen molar-refractivity contribution in [2.45, 2.75) is 38.0 Å². The first-order valence-corrected chi connectivity index (χ1v) is 7.05. The topological polar surface area (TPSA) is 30.5 Å². The number of methoxy groups -OCH3 is 2. The molecule has 1 N–H and O–H groups in total. The highest BCUT2D eigenvalue weighted by Gasteiger charge is 2.29. The molecular weight excluding hydrogens is 294 g/mol. The van der Waals surface area contributed by atoms with Gasteiger partial charge >= 0.3 is 0 Å². The first-order valence-electron chi connectivity index (χ1n) is 6.26. The Labute approximate surface area is 117 Å². The Morgan fingerprint density at radius 3 is 2.61 bits per heavy atom. The summed E-state index contributed by atoms with van der Waals surface area (Å²) in [5, 5.41) is 3.62. The SMILES string of the molecule is COc1ccc(C(C)NC2CC(OC)C2)cc1Br. The van der Waals surface area contributed by atoms with E-state index in [9.17, 15) is 0 Å². The molecule has 0 heterocycles. The molecule has 0 radical (unpaired) electrons. The van der Waals surface area contributed by atoms with Crippen LogP contribution in [0, 0.1) is 0 Å². The molecule has 1 unspecified atom stereocenters. The Balaban J connectivity index is 1.93. The number of hydrogen-bond acceptors (Lipinski definition) is 3. The van der Waals surface area contributed by atoms with Crippen LogP contribution in [0.3, 0.4) is 0 Å². The maximum absolute atomic E-state index is 5.29. The number of halogens is 1. The molecule has 1 aromatic carbocycles. The molecule has 0 amide bonds. The second-order valence-electron chi connectivity index (χ2n) is 4.81. The van der Waals surface area contributed by atoms with E-state index in [-0.39, 0.29) is 0 Å². The minimum Gasteiger partial charge on any atom is -0.496 e. The largest absolute Gasteiger partial charge is 0.496 e. The lowest BCUT2D eigenvalue weighted by Crippen LogP contribution is -2.45. The fraction of sp³-hybridized carbons (Fsp3) is 0.571. The number of nitrogens with one attached hydrogen (secondary N) is 1. The van der Waals surface area contributed by atoms with Crippen LogP contribution in [0.5, 0.6) is 5.75 Å². The van der Waals surface area contributed by atoms with Crippen LogP contribution >= 0.6 is 15.9 Å². The third kappa shape index (κ3) is 3.05. The molecule has 1 atom stereocenters. The summed E-state index contributed by atoms with van der Waals surface area (Å²) in [6.07, 6.45) is 2.66. The van der Waals surface area contributed by atoms with Crippen molar-refractivity contribution in [3.8, 4) is 5.75 Å². The van der Waals surface area contributed by atoms with E-state index in [1.165, 1.54) is 5.56 Å². The maximum Gasteiger partial charge on any atom is 0.133 e. The number of rotatable bonds is 5. The minimum absolute atomic E-state index is 0.343. The molecule has 1 aliphatic rings. The Morgan fingerprint density at radius 1 is 1.33 bits per heavy atom. The molecule has 4 heteroatoms. The summed E-state index contributed by atoms with van der Waals surface area (Å²) in [6, 6.07) is 7.13. The summed E-state index contributed by atoms with van der Waals surface area (Å²) in [4.78, 5) is 0. The van der Waals surface area contributed by atoms with E-state index < -0.39 is 0 Å². The standard InChI is InChI=1S/C14H20BrNO2/c1-9(16-11-7-12(8-11)17-2)10-4-5-14(18-3)13(15)6-10/h4-6,9,11-12,16H,7-8H2,1-3H3. The van der Waals surface area contributed by atoms with E-state index in [0.29, 0.717) is 18.2 Å². The van der Waals surface area contributed by atoms with Crippen molar-refractivity contribution in [3.05, 3.63) is 28.2 Å². The average molecular weight is 314 g/mol. The summed E-state index contributed by atoms with van der Waals surface area (Å²) in [7, 11) is 3.46. The van der Waals surface area contributed by atoms with Gasteiger partial charge in [0, 0.05) is 19.2 Å². The van der Waals surface area contributed by atoms with Crippen molar-refractivity contribution in [2.24, 2.45) is 0 Å². The Bertz CT molecular complexity index is 405. The van der Waals surface area contributed by atoms with Gasteiger partial charge in [-0.15, -0.1) is 0 Å². The minimum atomic E-state index is 0.343. The van der Waals surface area contributed by atoms with Crippen LogP contribution in [0.2, 0.25) is 0 Å². The predicted octanol–water partition coefficient (Wildman–Crippen LogP) is 3.29. The fourth-order valence-electron chi connectivity index (χ4n) is 2.30. The van der Waals surface area contributed by atoms with Gasteiger partial charge in [0.1, 0.15) is 5.75 Å². The monoisotopic (exact) mass is 313 g/mol. The summed E-state index contributed by atoms with van der Waals surface area (Å²) < 4.78 is 11.5. The first kappa shape index (κ1) is 13.8. The lowest BCUT2D eigenvalue weighted by molar-refractivity contribution is 0.0147. The molecule has 18 heavy (non-hydrogen) atoms. The maximum atomic E-state index is 5.29. The molecule has 1 aliphatic carbocycles. The highest BCUT2D eigenvalue weighted by Crippen LogP contribution is 2.30. The molecule has 3 nitrogen and oxygen atoms in total. The van der Waals surface area contributed by atoms with Crippen molar-refractivity contribution in [2.75, 3.05) is 14.2 Å². The third-order valence-electron chi connectivity index (χ3n) is 3.59. The highest BCUT2D eigenvalue weighted by atomic mass is 79.9. The molecule has 2 rings (SSSR count).